The molecule has 0 saturated carbocycles. The summed E-state index contributed by atoms with van der Waals surface area (Å²) in [5.41, 5.74) is 0. The van der Waals surface area contributed by atoms with Gasteiger partial charge in [0.1, 0.15) is 0 Å². The highest BCUT2D eigenvalue weighted by Crippen LogP contribution is 2.14. The van der Waals surface area contributed by atoms with E-state index in [1.807, 2.05) is 12.2 Å². The Kier molecular flexibility index (Phi) is 19.3. The minimum atomic E-state index is 0.887. The summed E-state index contributed by atoms with van der Waals surface area (Å²) in [6.45, 7) is 15.5. The highest BCUT2D eigenvalue weighted by atomic mass is 15.1. The van der Waals surface area contributed by atoms with Gasteiger partial charge in [0.25, 0.3) is 0 Å². The number of rotatable bonds is 20. The fourth-order valence-electron chi connectivity index (χ4n) is 3.45. The van der Waals surface area contributed by atoms with Crippen LogP contribution >= 0.6 is 0 Å². The van der Waals surface area contributed by atoms with Crippen LogP contribution in [0.15, 0.2) is 25.3 Å². The molecule has 1 heteroatoms. The third-order valence-electron chi connectivity index (χ3n) is 5.03. The quantitative estimate of drug-likeness (QED) is 0.160. The van der Waals surface area contributed by atoms with Crippen molar-refractivity contribution in [3.05, 3.63) is 25.3 Å². The molecule has 148 valence electrons. The Morgan fingerprint density at radius 2 is 0.960 bits per heavy atom. The largest absolute Gasteiger partial charge is 0.296 e. The van der Waals surface area contributed by atoms with Gasteiger partial charge < -0.3 is 0 Å². The second-order valence-electron chi connectivity index (χ2n) is 8.12. The summed E-state index contributed by atoms with van der Waals surface area (Å²) in [7, 11) is 0. The van der Waals surface area contributed by atoms with Crippen LogP contribution in [0.4, 0.5) is 0 Å². The van der Waals surface area contributed by atoms with Crippen LogP contribution in [0.1, 0.15) is 104 Å². The molecule has 0 aromatic rings. The molecule has 0 heterocycles. The van der Waals surface area contributed by atoms with E-state index in [-0.39, 0.29) is 0 Å². The lowest BCUT2D eigenvalue weighted by molar-refractivity contribution is 0.324. The highest BCUT2D eigenvalue weighted by Gasteiger charge is 2.00. The monoisotopic (exact) mass is 349 g/mol. The predicted molar refractivity (Wildman–Crippen MR) is 116 cm³/mol. The first kappa shape index (κ1) is 24.4. The van der Waals surface area contributed by atoms with Gasteiger partial charge >= 0.3 is 0 Å². The average Bonchev–Trinajstić information content (AvgIpc) is 2.58. The fraction of sp³-hybridized carbons (Fsp3) is 0.833. The fourth-order valence-corrected chi connectivity index (χ4v) is 3.45. The number of hydrogen-bond donors (Lipinski definition) is 0. The first-order chi connectivity index (χ1) is 12.2. The van der Waals surface area contributed by atoms with E-state index >= 15 is 0 Å². The lowest BCUT2D eigenvalue weighted by atomic mass is 10.0. The molecule has 0 rings (SSSR count). The summed E-state index contributed by atoms with van der Waals surface area (Å²) in [6.07, 6.45) is 24.0. The molecule has 0 unspecified atom stereocenters. The third-order valence-corrected chi connectivity index (χ3v) is 5.03. The standard InChI is InChI=1S/C24H47N/c1-5-21-25(22-6-2)23-19-17-15-13-11-9-7-8-10-12-14-16-18-20-24(3)4/h5-6,24H,1-2,7-23H2,3-4H3. The van der Waals surface area contributed by atoms with Gasteiger partial charge in [0, 0.05) is 13.1 Å². The SMILES string of the molecule is C=CCN(CC=C)CCCCCCCCCCCCCCCC(C)C. The summed E-state index contributed by atoms with van der Waals surface area (Å²) in [6, 6.07) is 0. The van der Waals surface area contributed by atoms with E-state index in [0.717, 1.165) is 19.0 Å². The summed E-state index contributed by atoms with van der Waals surface area (Å²) >= 11 is 0. The Morgan fingerprint density at radius 3 is 1.32 bits per heavy atom. The van der Waals surface area contributed by atoms with Gasteiger partial charge in [0.15, 0.2) is 0 Å². The smallest absolute Gasteiger partial charge is 0.0163 e. The van der Waals surface area contributed by atoms with Gasteiger partial charge in [0.05, 0.1) is 0 Å². The molecule has 0 radical (unpaired) electrons. The van der Waals surface area contributed by atoms with Gasteiger partial charge in [-0.2, -0.15) is 0 Å². The topological polar surface area (TPSA) is 3.24 Å². The van der Waals surface area contributed by atoms with Gasteiger partial charge in [0.2, 0.25) is 0 Å². The van der Waals surface area contributed by atoms with E-state index in [9.17, 15) is 0 Å². The molecule has 1 nitrogen and oxygen atoms in total. The maximum Gasteiger partial charge on any atom is 0.0163 e. The molecule has 0 fully saturated rings. The van der Waals surface area contributed by atoms with Gasteiger partial charge in [-0.1, -0.05) is 109 Å². The van der Waals surface area contributed by atoms with Gasteiger partial charge in [-0.3, -0.25) is 4.90 Å². The lowest BCUT2D eigenvalue weighted by Gasteiger charge is -2.18. The molecule has 0 aliphatic carbocycles. The maximum atomic E-state index is 3.83. The van der Waals surface area contributed by atoms with Crippen LogP contribution in [-0.2, 0) is 0 Å². The van der Waals surface area contributed by atoms with E-state index in [1.54, 1.807) is 0 Å². The first-order valence-corrected chi connectivity index (χ1v) is 11.1. The minimum Gasteiger partial charge on any atom is -0.296 e. The lowest BCUT2D eigenvalue weighted by Crippen LogP contribution is -2.24. The molecule has 0 amide bonds. The molecule has 0 aliphatic rings. The molecule has 0 atom stereocenters. The molecule has 0 aromatic carbocycles. The molecular weight excluding hydrogens is 302 g/mol. The summed E-state index contributed by atoms with van der Waals surface area (Å²) in [5.74, 6) is 0.887. The van der Waals surface area contributed by atoms with Crippen molar-refractivity contribution in [3.63, 3.8) is 0 Å². The van der Waals surface area contributed by atoms with Crippen molar-refractivity contribution in [2.75, 3.05) is 19.6 Å². The van der Waals surface area contributed by atoms with Crippen molar-refractivity contribution in [3.8, 4) is 0 Å². The van der Waals surface area contributed by atoms with Crippen molar-refractivity contribution < 1.29 is 0 Å². The zero-order valence-corrected chi connectivity index (χ0v) is 17.6. The Labute approximate surface area is 160 Å². The Bertz CT molecular complexity index is 272. The molecule has 0 saturated heterocycles. The first-order valence-electron chi connectivity index (χ1n) is 11.1. The second-order valence-corrected chi connectivity index (χ2v) is 8.12. The zero-order chi connectivity index (χ0) is 18.6. The molecule has 0 bridgehead atoms. The van der Waals surface area contributed by atoms with E-state index in [0.29, 0.717) is 0 Å². The van der Waals surface area contributed by atoms with Crippen molar-refractivity contribution >= 4 is 0 Å². The van der Waals surface area contributed by atoms with Crippen molar-refractivity contribution in [2.45, 2.75) is 104 Å². The Balaban J connectivity index is 3.18. The number of unbranched alkanes of at least 4 members (excludes halogenated alkanes) is 12. The van der Waals surface area contributed by atoms with E-state index in [4.69, 9.17) is 0 Å². The molecule has 0 N–H and O–H groups in total. The molecule has 25 heavy (non-hydrogen) atoms. The maximum absolute atomic E-state index is 3.83. The minimum absolute atomic E-state index is 0.887. The summed E-state index contributed by atoms with van der Waals surface area (Å²) < 4.78 is 0. The van der Waals surface area contributed by atoms with Crippen molar-refractivity contribution in [2.24, 2.45) is 5.92 Å². The summed E-state index contributed by atoms with van der Waals surface area (Å²) in [5, 5.41) is 0. The van der Waals surface area contributed by atoms with Crippen LogP contribution in [-0.4, -0.2) is 24.5 Å². The van der Waals surface area contributed by atoms with Gasteiger partial charge in [-0.15, -0.1) is 13.2 Å². The Morgan fingerprint density at radius 1 is 0.600 bits per heavy atom. The van der Waals surface area contributed by atoms with E-state index in [1.165, 1.54) is 96.4 Å². The third kappa shape index (κ3) is 19.6. The van der Waals surface area contributed by atoms with Crippen molar-refractivity contribution in [1.82, 2.24) is 4.90 Å². The number of hydrogen-bond acceptors (Lipinski definition) is 1. The molecule has 0 aromatic heterocycles. The van der Waals surface area contributed by atoms with Crippen LogP contribution < -0.4 is 0 Å². The van der Waals surface area contributed by atoms with Crippen LogP contribution in [0.3, 0.4) is 0 Å². The number of nitrogens with zero attached hydrogens (tertiary/aromatic N) is 1. The van der Waals surface area contributed by atoms with Crippen LogP contribution in [0.2, 0.25) is 0 Å². The van der Waals surface area contributed by atoms with Gasteiger partial charge in [-0.05, 0) is 18.9 Å². The van der Waals surface area contributed by atoms with E-state index in [2.05, 4.69) is 31.9 Å². The molecule has 0 spiro atoms. The van der Waals surface area contributed by atoms with Crippen LogP contribution in [0, 0.1) is 5.92 Å². The highest BCUT2D eigenvalue weighted by molar-refractivity contribution is 4.79. The van der Waals surface area contributed by atoms with Crippen LogP contribution in [0.25, 0.3) is 0 Å². The molecule has 0 aliphatic heterocycles. The second kappa shape index (κ2) is 19.8. The zero-order valence-electron chi connectivity index (χ0n) is 17.6. The van der Waals surface area contributed by atoms with Crippen LogP contribution in [0.5, 0.6) is 0 Å². The normalized spacial score (nSPS) is 11.4. The van der Waals surface area contributed by atoms with Gasteiger partial charge in [-0.25, -0.2) is 0 Å². The predicted octanol–water partition coefficient (Wildman–Crippen LogP) is 7.78. The average molecular weight is 350 g/mol. The Hall–Kier alpha value is -0.560. The van der Waals surface area contributed by atoms with E-state index < -0.39 is 0 Å². The molecular formula is C24H47N. The van der Waals surface area contributed by atoms with Crippen molar-refractivity contribution in [1.29, 1.82) is 0 Å². The summed E-state index contributed by atoms with van der Waals surface area (Å²) in [4.78, 5) is 2.42.